The van der Waals surface area contributed by atoms with Crippen molar-refractivity contribution in [2.75, 3.05) is 0 Å². The minimum Gasteiger partial charge on any atom is -0.0788 e. The van der Waals surface area contributed by atoms with Gasteiger partial charge in [-0.1, -0.05) is 42.2 Å². The van der Waals surface area contributed by atoms with Gasteiger partial charge in [-0.05, 0) is 0 Å². The summed E-state index contributed by atoms with van der Waals surface area (Å²) >= 11 is 15.3. The van der Waals surface area contributed by atoms with Crippen LogP contribution < -0.4 is 0 Å². The second-order valence-electron chi connectivity index (χ2n) is 0.445. The van der Waals surface area contributed by atoms with Crippen LogP contribution in [0.2, 0.25) is 0 Å². The van der Waals surface area contributed by atoms with Crippen molar-refractivity contribution in [1.82, 2.24) is 0 Å². The maximum atomic E-state index is 5.09. The van der Waals surface area contributed by atoms with E-state index in [0.717, 1.165) is 0 Å². The molecule has 0 aliphatic carbocycles. The lowest BCUT2D eigenvalue weighted by atomic mass is 29.9. The average molecular weight is 169 g/mol. The predicted octanol–water partition coefficient (Wildman–Crippen LogP) is 3.52. The van der Waals surface area contributed by atoms with E-state index in [2.05, 4.69) is 8.53 Å². The maximum Gasteiger partial charge on any atom is 0.160 e. The predicted molar refractivity (Wildman–Crippen MR) is 32.8 cm³/mol. The third-order valence-electron chi connectivity index (χ3n) is 0. The molecule has 0 aromatic carbocycles. The number of hydrogen-bond donors (Lipinski definition) is 0. The number of halogens is 3. The molecule has 0 atom stereocenters. The molecule has 0 rings (SSSR count). The van der Waals surface area contributed by atoms with Crippen molar-refractivity contribution >= 4 is 46.9 Å². The smallest absolute Gasteiger partial charge is 0.0788 e. The molecule has 0 fully saturated rings. The summed E-state index contributed by atoms with van der Waals surface area (Å²) in [6.45, 7) is 0. The Labute approximate surface area is 47.2 Å². The van der Waals surface area contributed by atoms with Crippen molar-refractivity contribution in [2.45, 2.75) is 0 Å². The van der Waals surface area contributed by atoms with E-state index in [9.17, 15) is 0 Å². The van der Waals surface area contributed by atoms with Gasteiger partial charge < -0.3 is 0 Å². The number of rotatable bonds is 0. The van der Waals surface area contributed by atoms with Crippen LogP contribution in [0.4, 0.5) is 0 Å². The standard InChI is InChI=1S/Cl3HP2/c1-5(2,3)4/h4H. The summed E-state index contributed by atoms with van der Waals surface area (Å²) in [5.41, 5.74) is 0. The first kappa shape index (κ1) is 6.60. The molecular formula is HCl3P2. The third kappa shape index (κ3) is 28.3. The van der Waals surface area contributed by atoms with Gasteiger partial charge in [-0.15, -0.1) is 0 Å². The Morgan fingerprint density at radius 2 is 1.20 bits per heavy atom. The summed E-state index contributed by atoms with van der Waals surface area (Å²) in [7, 11) is 2.83. The van der Waals surface area contributed by atoms with Crippen LogP contribution in [0.3, 0.4) is 0 Å². The minimum absolute atomic E-state index is 2.17. The van der Waals surface area contributed by atoms with E-state index in [-0.39, 0.29) is 0 Å². The van der Waals surface area contributed by atoms with Gasteiger partial charge in [-0.2, -0.15) is 0 Å². The highest BCUT2D eigenvalue weighted by Gasteiger charge is 1.92. The van der Waals surface area contributed by atoms with Gasteiger partial charge >= 0.3 is 0 Å². The van der Waals surface area contributed by atoms with Crippen LogP contribution in [-0.2, 0) is 0 Å². The van der Waals surface area contributed by atoms with Crippen molar-refractivity contribution < 1.29 is 0 Å². The van der Waals surface area contributed by atoms with Crippen LogP contribution in [-0.4, -0.2) is 0 Å². The zero-order valence-electron chi connectivity index (χ0n) is 2.08. The molecule has 32 valence electrons. The summed E-state index contributed by atoms with van der Waals surface area (Å²) in [4.78, 5) is 0. The molecule has 0 saturated heterocycles. The lowest BCUT2D eigenvalue weighted by Crippen LogP contribution is -1.08. The molecule has 0 aliphatic rings. The van der Waals surface area contributed by atoms with Gasteiger partial charge in [0.25, 0.3) is 0 Å². The highest BCUT2D eigenvalue weighted by atomic mass is 36.1. The van der Waals surface area contributed by atoms with Gasteiger partial charge in [0.1, 0.15) is 0 Å². The fourth-order valence-corrected chi connectivity index (χ4v) is 0. The summed E-state index contributed by atoms with van der Waals surface area (Å²) in [6, 6.07) is 0. The van der Waals surface area contributed by atoms with Crippen molar-refractivity contribution in [2.24, 2.45) is 0 Å². The first-order valence-corrected chi connectivity index (χ1v) is 6.58. The molecule has 0 aliphatic heterocycles. The van der Waals surface area contributed by atoms with Gasteiger partial charge in [-0.3, -0.25) is 0 Å². The van der Waals surface area contributed by atoms with E-state index in [4.69, 9.17) is 33.7 Å². The van der Waals surface area contributed by atoms with E-state index in [1.165, 1.54) is 0 Å². The van der Waals surface area contributed by atoms with Gasteiger partial charge in [-0.25, -0.2) is 0 Å². The van der Waals surface area contributed by atoms with Crippen LogP contribution in [0.25, 0.3) is 0 Å². The number of hydrogen-bond acceptors (Lipinski definition) is 0. The molecular weight excluding hydrogens is 168 g/mol. The quantitative estimate of drug-likeness (QED) is 0.487. The highest BCUT2D eigenvalue weighted by molar-refractivity contribution is 8.42. The topological polar surface area (TPSA) is 0 Å². The molecule has 0 aromatic rings. The summed E-state index contributed by atoms with van der Waals surface area (Å²) in [5, 5.41) is 0. The normalized spacial score (nSPS) is 11.8. The third-order valence-corrected chi connectivity index (χ3v) is 0. The van der Waals surface area contributed by atoms with E-state index >= 15 is 0 Å². The molecule has 5 heavy (non-hydrogen) atoms. The summed E-state index contributed by atoms with van der Waals surface area (Å²) in [6.07, 6.45) is 0. The Morgan fingerprint density at radius 3 is 1.20 bits per heavy atom. The van der Waals surface area contributed by atoms with E-state index < -0.39 is 4.61 Å². The summed E-state index contributed by atoms with van der Waals surface area (Å²) < 4.78 is -2.17. The van der Waals surface area contributed by atoms with Crippen molar-refractivity contribution in [1.29, 1.82) is 0 Å². The van der Waals surface area contributed by atoms with E-state index in [1.807, 2.05) is 0 Å². The van der Waals surface area contributed by atoms with Gasteiger partial charge in [0.05, 0.1) is 0 Å². The van der Waals surface area contributed by atoms with Crippen molar-refractivity contribution in [3.63, 3.8) is 0 Å². The van der Waals surface area contributed by atoms with Crippen molar-refractivity contribution in [3.05, 3.63) is 0 Å². The molecule has 5 heteroatoms. The Hall–Kier alpha value is 1.60. The molecule has 0 unspecified atom stereocenters. The lowest BCUT2D eigenvalue weighted by molar-refractivity contribution is 4.50. The average Bonchev–Trinajstić information content (AvgIpc) is 0.722. The molecule has 0 spiro atoms. The molecule has 0 N–H and O–H groups in total. The maximum absolute atomic E-state index is 5.09. The van der Waals surface area contributed by atoms with Crippen molar-refractivity contribution in [3.8, 4) is 0 Å². The molecule has 0 heterocycles. The van der Waals surface area contributed by atoms with Crippen LogP contribution in [0, 0.1) is 0 Å². The van der Waals surface area contributed by atoms with E-state index in [1.54, 1.807) is 0 Å². The van der Waals surface area contributed by atoms with Crippen LogP contribution >= 0.6 is 46.9 Å². The van der Waals surface area contributed by atoms with Crippen LogP contribution in [0.15, 0.2) is 0 Å². The zero-order valence-corrected chi connectivity index (χ0v) is 6.24. The molecule has 0 aromatic heterocycles. The fourth-order valence-electron chi connectivity index (χ4n) is 0. The largest absolute Gasteiger partial charge is 0.160 e. The zero-order chi connectivity index (χ0) is 4.50. The Kier molecular flexibility index (Phi) is 2.71. The first-order chi connectivity index (χ1) is 2.00. The SMILES string of the molecule is P=P(Cl)(Cl)Cl. The molecule has 0 bridgehead atoms. The molecule has 0 nitrogen and oxygen atoms in total. The molecule has 0 saturated carbocycles. The Balaban J connectivity index is 3.47. The fraction of sp³-hybridized carbons (Fsp3) is 0. The first-order valence-electron chi connectivity index (χ1n) is 0.731. The Morgan fingerprint density at radius 1 is 1.20 bits per heavy atom. The van der Waals surface area contributed by atoms with Gasteiger partial charge in [0.15, 0.2) is 4.61 Å². The van der Waals surface area contributed by atoms with E-state index in [0.29, 0.717) is 0 Å². The Bertz CT molecular complexity index is 51.0. The lowest BCUT2D eigenvalue weighted by Gasteiger charge is -1.82. The van der Waals surface area contributed by atoms with Crippen LogP contribution in [0.1, 0.15) is 0 Å². The second-order valence-corrected chi connectivity index (χ2v) is 12.0. The van der Waals surface area contributed by atoms with Gasteiger partial charge in [0, 0.05) is 0 Å². The molecule has 0 amide bonds. The summed E-state index contributed by atoms with van der Waals surface area (Å²) in [5.74, 6) is 0. The minimum atomic E-state index is -2.17. The monoisotopic (exact) mass is 168 g/mol. The second kappa shape index (κ2) is 2.05. The molecule has 0 radical (unpaired) electrons. The highest BCUT2D eigenvalue weighted by Crippen LogP contribution is 2.66. The van der Waals surface area contributed by atoms with Gasteiger partial charge in [0.2, 0.25) is 0 Å². The van der Waals surface area contributed by atoms with Crippen LogP contribution in [0.5, 0.6) is 0 Å².